The van der Waals surface area contributed by atoms with E-state index in [-0.39, 0.29) is 36.3 Å². The second kappa shape index (κ2) is 7.57. The van der Waals surface area contributed by atoms with Gasteiger partial charge in [-0.3, -0.25) is 4.79 Å². The van der Waals surface area contributed by atoms with Gasteiger partial charge in [-0.15, -0.1) is 0 Å². The number of carbonyl (C=O) groups is 1. The van der Waals surface area contributed by atoms with Gasteiger partial charge in [0, 0.05) is 31.5 Å². The molecule has 1 aromatic carbocycles. The second-order valence-electron chi connectivity index (χ2n) is 6.63. The number of aliphatic hydroxyl groups excluding tert-OH is 1. The van der Waals surface area contributed by atoms with Crippen LogP contribution in [0.25, 0.3) is 0 Å². The molecule has 24 heavy (non-hydrogen) atoms. The number of nitrogens with zero attached hydrogens (tertiary/aromatic N) is 1. The van der Waals surface area contributed by atoms with Crippen LogP contribution < -0.4 is 0 Å². The Hall–Kier alpha value is -1.53. The Morgan fingerprint density at radius 1 is 1.33 bits per heavy atom. The van der Waals surface area contributed by atoms with E-state index in [0.717, 1.165) is 31.0 Å². The molecule has 2 fully saturated rings. The summed E-state index contributed by atoms with van der Waals surface area (Å²) in [6, 6.07) is 3.28. The molecular formula is C18H23F2NO3. The number of likely N-dealkylation sites (tertiary alicyclic amines) is 1. The van der Waals surface area contributed by atoms with Crippen molar-refractivity contribution < 1.29 is 23.4 Å². The average molecular weight is 339 g/mol. The molecule has 4 nitrogen and oxygen atoms in total. The predicted molar refractivity (Wildman–Crippen MR) is 84.3 cm³/mol. The Morgan fingerprint density at radius 2 is 2.17 bits per heavy atom. The van der Waals surface area contributed by atoms with E-state index < -0.39 is 17.7 Å². The van der Waals surface area contributed by atoms with Crippen molar-refractivity contribution >= 4 is 5.91 Å². The summed E-state index contributed by atoms with van der Waals surface area (Å²) in [4.78, 5) is 14.4. The van der Waals surface area contributed by atoms with Crippen LogP contribution in [-0.4, -0.2) is 47.8 Å². The molecule has 3 rings (SSSR count). The first-order valence-corrected chi connectivity index (χ1v) is 8.55. The lowest BCUT2D eigenvalue weighted by molar-refractivity contribution is -0.136. The van der Waals surface area contributed by atoms with Crippen molar-refractivity contribution in [3.63, 3.8) is 0 Å². The standard InChI is InChI=1S/C18H23F2NO3/c19-13-4-5-15(20)12(10-13)3-6-18(23)21-8-1-2-16(21)14-11-24-9-7-17(14)22/h4-5,10,14,16-17,22H,1-3,6-9,11H2/t14-,16-,17+/m1/s1. The Labute approximate surface area is 140 Å². The highest BCUT2D eigenvalue weighted by molar-refractivity contribution is 5.77. The van der Waals surface area contributed by atoms with Crippen LogP contribution in [0.4, 0.5) is 8.78 Å². The molecule has 0 bridgehead atoms. The molecule has 132 valence electrons. The number of ether oxygens (including phenoxy) is 1. The largest absolute Gasteiger partial charge is 0.393 e. The summed E-state index contributed by atoms with van der Waals surface area (Å²) in [7, 11) is 0. The fourth-order valence-electron chi connectivity index (χ4n) is 3.78. The van der Waals surface area contributed by atoms with Gasteiger partial charge in [0.05, 0.1) is 12.7 Å². The predicted octanol–water partition coefficient (Wildman–Crippen LogP) is 2.29. The van der Waals surface area contributed by atoms with Gasteiger partial charge in [0.2, 0.25) is 5.91 Å². The molecule has 2 aliphatic heterocycles. The number of aliphatic hydroxyl groups is 1. The van der Waals surface area contributed by atoms with Crippen LogP contribution in [0.3, 0.4) is 0 Å². The van der Waals surface area contributed by atoms with Crippen LogP contribution in [0.5, 0.6) is 0 Å². The molecule has 0 saturated carbocycles. The molecule has 0 aromatic heterocycles. The van der Waals surface area contributed by atoms with Crippen molar-refractivity contribution in [2.75, 3.05) is 19.8 Å². The summed E-state index contributed by atoms with van der Waals surface area (Å²) in [5.41, 5.74) is 0.222. The quantitative estimate of drug-likeness (QED) is 0.916. The first-order chi connectivity index (χ1) is 11.6. The second-order valence-corrected chi connectivity index (χ2v) is 6.63. The summed E-state index contributed by atoms with van der Waals surface area (Å²) >= 11 is 0. The van der Waals surface area contributed by atoms with Gasteiger partial charge >= 0.3 is 0 Å². The Kier molecular flexibility index (Phi) is 5.46. The van der Waals surface area contributed by atoms with Crippen molar-refractivity contribution in [3.05, 3.63) is 35.4 Å². The highest BCUT2D eigenvalue weighted by Gasteiger charge is 2.39. The van der Waals surface area contributed by atoms with Gasteiger partial charge in [-0.2, -0.15) is 0 Å². The molecule has 2 saturated heterocycles. The lowest BCUT2D eigenvalue weighted by Gasteiger charge is -2.37. The molecule has 6 heteroatoms. The van der Waals surface area contributed by atoms with Crippen molar-refractivity contribution in [2.45, 2.75) is 44.2 Å². The maximum atomic E-state index is 13.7. The average Bonchev–Trinajstić information content (AvgIpc) is 3.05. The number of rotatable bonds is 4. The molecular weight excluding hydrogens is 316 g/mol. The van der Waals surface area contributed by atoms with E-state index in [1.165, 1.54) is 0 Å². The highest BCUT2D eigenvalue weighted by atomic mass is 19.1. The monoisotopic (exact) mass is 339 g/mol. The topological polar surface area (TPSA) is 49.8 Å². The van der Waals surface area contributed by atoms with Gasteiger partial charge in [-0.05, 0) is 49.4 Å². The fourth-order valence-corrected chi connectivity index (χ4v) is 3.78. The van der Waals surface area contributed by atoms with Crippen molar-refractivity contribution in [2.24, 2.45) is 5.92 Å². The van der Waals surface area contributed by atoms with Crippen LogP contribution in [0.1, 0.15) is 31.2 Å². The van der Waals surface area contributed by atoms with Gasteiger partial charge in [0.15, 0.2) is 0 Å². The third-order valence-electron chi connectivity index (χ3n) is 5.09. The summed E-state index contributed by atoms with van der Waals surface area (Å²) in [6.45, 7) is 1.67. The number of amides is 1. The van der Waals surface area contributed by atoms with Crippen LogP contribution in [0, 0.1) is 17.6 Å². The Bertz CT molecular complexity index is 596. The fraction of sp³-hybridized carbons (Fsp3) is 0.611. The minimum atomic E-state index is -0.500. The van der Waals surface area contributed by atoms with Crippen molar-refractivity contribution in [3.8, 4) is 0 Å². The van der Waals surface area contributed by atoms with Crippen LogP contribution in [-0.2, 0) is 16.0 Å². The molecule has 0 aliphatic carbocycles. The third-order valence-corrected chi connectivity index (χ3v) is 5.09. The van der Waals surface area contributed by atoms with E-state index in [9.17, 15) is 18.7 Å². The van der Waals surface area contributed by atoms with Crippen molar-refractivity contribution in [1.29, 1.82) is 0 Å². The van der Waals surface area contributed by atoms with E-state index in [0.29, 0.717) is 26.2 Å². The minimum Gasteiger partial charge on any atom is -0.393 e. The first kappa shape index (κ1) is 17.3. The lowest BCUT2D eigenvalue weighted by Crippen LogP contribution is -2.48. The minimum absolute atomic E-state index is 0.0230. The molecule has 0 spiro atoms. The molecule has 0 radical (unpaired) electrons. The molecule has 1 aromatic rings. The van der Waals surface area contributed by atoms with Crippen LogP contribution >= 0.6 is 0 Å². The molecule has 1 N–H and O–H groups in total. The normalized spacial score (nSPS) is 27.5. The summed E-state index contributed by atoms with van der Waals surface area (Å²) in [5, 5.41) is 10.2. The first-order valence-electron chi connectivity index (χ1n) is 8.55. The molecule has 3 atom stereocenters. The summed E-state index contributed by atoms with van der Waals surface area (Å²) in [5.74, 6) is -1.12. The maximum Gasteiger partial charge on any atom is 0.223 e. The van der Waals surface area contributed by atoms with Crippen molar-refractivity contribution in [1.82, 2.24) is 4.90 Å². The zero-order valence-electron chi connectivity index (χ0n) is 13.6. The number of aryl methyl sites for hydroxylation is 1. The van der Waals surface area contributed by atoms with Gasteiger partial charge in [-0.1, -0.05) is 0 Å². The summed E-state index contributed by atoms with van der Waals surface area (Å²) in [6.07, 6.45) is 2.21. The number of hydrogen-bond acceptors (Lipinski definition) is 3. The number of carbonyl (C=O) groups excluding carboxylic acids is 1. The number of benzene rings is 1. The maximum absolute atomic E-state index is 13.7. The zero-order chi connectivity index (χ0) is 17.1. The SMILES string of the molecule is O=C(CCc1cc(F)ccc1F)N1CCC[C@@H]1[C@H]1COCC[C@@H]1O. The number of hydrogen-bond donors (Lipinski definition) is 1. The van der Waals surface area contributed by atoms with E-state index in [1.54, 1.807) is 4.90 Å². The van der Waals surface area contributed by atoms with Crippen LogP contribution in [0.15, 0.2) is 18.2 Å². The summed E-state index contributed by atoms with van der Waals surface area (Å²) < 4.78 is 32.4. The van der Waals surface area contributed by atoms with E-state index in [2.05, 4.69) is 0 Å². The zero-order valence-corrected chi connectivity index (χ0v) is 13.6. The van der Waals surface area contributed by atoms with Gasteiger partial charge < -0.3 is 14.7 Å². The Balaban J connectivity index is 1.62. The van der Waals surface area contributed by atoms with Gasteiger partial charge in [0.1, 0.15) is 11.6 Å². The molecule has 2 heterocycles. The van der Waals surface area contributed by atoms with E-state index >= 15 is 0 Å². The van der Waals surface area contributed by atoms with E-state index in [1.807, 2.05) is 0 Å². The smallest absolute Gasteiger partial charge is 0.223 e. The highest BCUT2D eigenvalue weighted by Crippen LogP contribution is 2.30. The van der Waals surface area contributed by atoms with Crippen LogP contribution in [0.2, 0.25) is 0 Å². The van der Waals surface area contributed by atoms with E-state index in [4.69, 9.17) is 4.74 Å². The van der Waals surface area contributed by atoms with Gasteiger partial charge in [0.25, 0.3) is 0 Å². The van der Waals surface area contributed by atoms with Gasteiger partial charge in [-0.25, -0.2) is 8.78 Å². The number of halogens is 2. The third kappa shape index (κ3) is 3.75. The Morgan fingerprint density at radius 3 is 2.96 bits per heavy atom. The lowest BCUT2D eigenvalue weighted by atomic mass is 9.89. The molecule has 0 unspecified atom stereocenters. The molecule has 1 amide bonds. The molecule has 2 aliphatic rings.